The first-order valence-corrected chi connectivity index (χ1v) is 8.09. The van der Waals surface area contributed by atoms with Crippen molar-refractivity contribution >= 4 is 18.3 Å². The number of carbonyl (C=O) groups excluding carboxylic acids is 1. The maximum Gasteiger partial charge on any atom is 0.220 e. The van der Waals surface area contributed by atoms with Crippen molar-refractivity contribution in [1.29, 1.82) is 0 Å². The number of rotatable bonds is 7. The van der Waals surface area contributed by atoms with Crippen LogP contribution in [0.4, 0.5) is 0 Å². The lowest BCUT2D eigenvalue weighted by molar-refractivity contribution is -0.121. The van der Waals surface area contributed by atoms with Gasteiger partial charge in [0.05, 0.1) is 0 Å². The first-order chi connectivity index (χ1) is 9.97. The molecule has 0 aliphatic heterocycles. The van der Waals surface area contributed by atoms with Crippen LogP contribution in [0.5, 0.6) is 0 Å². The van der Waals surface area contributed by atoms with Crippen molar-refractivity contribution in [2.45, 2.75) is 57.9 Å². The van der Waals surface area contributed by atoms with Crippen molar-refractivity contribution < 1.29 is 4.79 Å². The van der Waals surface area contributed by atoms with Crippen molar-refractivity contribution in [3.63, 3.8) is 0 Å². The molecule has 4 heteroatoms. The van der Waals surface area contributed by atoms with Gasteiger partial charge in [0.1, 0.15) is 0 Å². The van der Waals surface area contributed by atoms with Gasteiger partial charge in [-0.15, -0.1) is 12.4 Å². The highest BCUT2D eigenvalue weighted by Crippen LogP contribution is 2.31. The summed E-state index contributed by atoms with van der Waals surface area (Å²) in [5, 5.41) is 2.97. The smallest absolute Gasteiger partial charge is 0.220 e. The summed E-state index contributed by atoms with van der Waals surface area (Å²) < 4.78 is 0. The van der Waals surface area contributed by atoms with Crippen LogP contribution in [0.15, 0.2) is 24.3 Å². The lowest BCUT2D eigenvalue weighted by atomic mass is 9.94. The van der Waals surface area contributed by atoms with Crippen LogP contribution in [0.3, 0.4) is 0 Å². The first kappa shape index (κ1) is 19.0. The third kappa shape index (κ3) is 5.62. The van der Waals surface area contributed by atoms with Crippen molar-refractivity contribution in [3.05, 3.63) is 35.4 Å². The summed E-state index contributed by atoms with van der Waals surface area (Å²) in [6.45, 7) is 7.09. The number of hydrogen-bond donors (Lipinski definition) is 2. The van der Waals surface area contributed by atoms with Gasteiger partial charge in [-0.3, -0.25) is 4.79 Å². The molecule has 1 aliphatic rings. The highest BCUT2D eigenvalue weighted by molar-refractivity contribution is 5.85. The molecule has 0 saturated heterocycles. The van der Waals surface area contributed by atoms with Crippen molar-refractivity contribution in [2.75, 3.05) is 6.54 Å². The van der Waals surface area contributed by atoms with E-state index >= 15 is 0 Å². The Morgan fingerprint density at radius 3 is 2.23 bits per heavy atom. The van der Waals surface area contributed by atoms with Crippen LogP contribution in [-0.4, -0.2) is 18.5 Å². The summed E-state index contributed by atoms with van der Waals surface area (Å²) in [5.41, 5.74) is 8.56. The number of amides is 1. The molecule has 2 rings (SSSR count). The van der Waals surface area contributed by atoms with Crippen LogP contribution in [0, 0.1) is 5.92 Å². The molecule has 0 radical (unpaired) electrons. The molecule has 0 spiro atoms. The van der Waals surface area contributed by atoms with Gasteiger partial charge in [-0.25, -0.2) is 0 Å². The van der Waals surface area contributed by atoms with E-state index in [1.807, 2.05) is 0 Å². The second kappa shape index (κ2) is 8.54. The number of benzene rings is 1. The van der Waals surface area contributed by atoms with Gasteiger partial charge in [0, 0.05) is 19.0 Å². The van der Waals surface area contributed by atoms with Crippen LogP contribution in [0.1, 0.15) is 63.0 Å². The van der Waals surface area contributed by atoms with Gasteiger partial charge >= 0.3 is 0 Å². The summed E-state index contributed by atoms with van der Waals surface area (Å²) in [6.07, 6.45) is 2.96. The Hall–Kier alpha value is -1.06. The zero-order valence-electron chi connectivity index (χ0n) is 13.8. The molecule has 1 aliphatic carbocycles. The molecule has 0 heterocycles. The monoisotopic (exact) mass is 324 g/mol. The summed E-state index contributed by atoms with van der Waals surface area (Å²) in [7, 11) is 0. The molecule has 3 nitrogen and oxygen atoms in total. The largest absolute Gasteiger partial charge is 0.355 e. The molecule has 1 aromatic carbocycles. The van der Waals surface area contributed by atoms with Crippen LogP contribution in [0.2, 0.25) is 0 Å². The minimum atomic E-state index is 0. The summed E-state index contributed by atoms with van der Waals surface area (Å²) >= 11 is 0. The molecule has 0 aromatic heterocycles. The molecule has 2 atom stereocenters. The molecule has 1 aromatic rings. The van der Waals surface area contributed by atoms with Crippen molar-refractivity contribution in [3.8, 4) is 0 Å². The zero-order chi connectivity index (χ0) is 15.4. The highest BCUT2D eigenvalue weighted by atomic mass is 35.5. The lowest BCUT2D eigenvalue weighted by Crippen LogP contribution is -2.38. The highest BCUT2D eigenvalue weighted by Gasteiger charge is 2.28. The van der Waals surface area contributed by atoms with E-state index in [4.69, 9.17) is 5.73 Å². The minimum absolute atomic E-state index is 0. The third-order valence-electron chi connectivity index (χ3n) is 4.43. The van der Waals surface area contributed by atoms with E-state index in [9.17, 15) is 4.79 Å². The number of halogens is 1. The van der Waals surface area contributed by atoms with E-state index in [0.717, 1.165) is 0 Å². The molecule has 0 bridgehead atoms. The second-order valence-corrected chi connectivity index (χ2v) is 6.73. The van der Waals surface area contributed by atoms with Gasteiger partial charge in [-0.05, 0) is 41.7 Å². The molecular formula is C18H29ClN2O. The van der Waals surface area contributed by atoms with Crippen LogP contribution in [-0.2, 0) is 4.79 Å². The zero-order valence-corrected chi connectivity index (χ0v) is 14.7. The number of carbonyl (C=O) groups is 1. The second-order valence-electron chi connectivity index (χ2n) is 6.73. The van der Waals surface area contributed by atoms with E-state index in [2.05, 4.69) is 50.4 Å². The normalized spacial score (nSPS) is 16.8. The average Bonchev–Trinajstić information content (AvgIpc) is 3.29. The maximum absolute atomic E-state index is 12.0. The van der Waals surface area contributed by atoms with Gasteiger partial charge in [0.25, 0.3) is 0 Å². The lowest BCUT2D eigenvalue weighted by Gasteiger charge is -2.15. The first-order valence-electron chi connectivity index (χ1n) is 8.09. The van der Waals surface area contributed by atoms with Crippen LogP contribution in [0.25, 0.3) is 0 Å². The Bertz CT molecular complexity index is 468. The maximum atomic E-state index is 12.0. The Kier molecular flexibility index (Phi) is 7.37. The van der Waals surface area contributed by atoms with Gasteiger partial charge in [-0.1, -0.05) is 45.0 Å². The number of nitrogens with two attached hydrogens (primary N) is 1. The SMILES string of the molecule is CC(C)c1ccc(C(C)CC(=O)NCC(N)C2CC2)cc1.Cl. The topological polar surface area (TPSA) is 55.1 Å². The van der Waals surface area contributed by atoms with E-state index in [1.54, 1.807) is 0 Å². The number of hydrogen-bond acceptors (Lipinski definition) is 2. The Balaban J connectivity index is 0.00000242. The Labute approximate surface area is 140 Å². The Morgan fingerprint density at radius 1 is 1.18 bits per heavy atom. The Morgan fingerprint density at radius 2 is 1.73 bits per heavy atom. The van der Waals surface area contributed by atoms with Gasteiger partial charge < -0.3 is 11.1 Å². The fourth-order valence-electron chi connectivity index (χ4n) is 2.60. The molecule has 124 valence electrons. The van der Waals surface area contributed by atoms with E-state index < -0.39 is 0 Å². The van der Waals surface area contributed by atoms with E-state index in [1.165, 1.54) is 24.0 Å². The van der Waals surface area contributed by atoms with Crippen LogP contribution < -0.4 is 11.1 Å². The van der Waals surface area contributed by atoms with Gasteiger partial charge in [0.2, 0.25) is 5.91 Å². The minimum Gasteiger partial charge on any atom is -0.355 e. The molecule has 22 heavy (non-hydrogen) atoms. The predicted octanol–water partition coefficient (Wildman–Crippen LogP) is 3.58. The van der Waals surface area contributed by atoms with E-state index in [0.29, 0.717) is 24.8 Å². The fourth-order valence-corrected chi connectivity index (χ4v) is 2.60. The number of nitrogens with one attached hydrogen (secondary N) is 1. The van der Waals surface area contributed by atoms with Gasteiger partial charge in [0.15, 0.2) is 0 Å². The van der Waals surface area contributed by atoms with Crippen molar-refractivity contribution in [1.82, 2.24) is 5.32 Å². The standard InChI is InChI=1S/C18H28N2O.ClH/c1-12(2)14-4-6-15(7-5-14)13(3)10-18(21)20-11-17(19)16-8-9-16;/h4-7,12-13,16-17H,8-11,19H2,1-3H3,(H,20,21);1H. The van der Waals surface area contributed by atoms with E-state index in [-0.39, 0.29) is 30.3 Å². The third-order valence-corrected chi connectivity index (χ3v) is 4.43. The molecule has 3 N–H and O–H groups in total. The summed E-state index contributed by atoms with van der Waals surface area (Å²) in [6, 6.07) is 8.75. The molecule has 2 unspecified atom stereocenters. The molecule has 1 fully saturated rings. The predicted molar refractivity (Wildman–Crippen MR) is 94.5 cm³/mol. The molecule has 1 amide bonds. The molecular weight excluding hydrogens is 296 g/mol. The van der Waals surface area contributed by atoms with Crippen molar-refractivity contribution in [2.24, 2.45) is 11.7 Å². The fraction of sp³-hybridized carbons (Fsp3) is 0.611. The van der Waals surface area contributed by atoms with Crippen LogP contribution >= 0.6 is 12.4 Å². The summed E-state index contributed by atoms with van der Waals surface area (Å²) in [4.78, 5) is 12.0. The van der Waals surface area contributed by atoms with Gasteiger partial charge in [-0.2, -0.15) is 0 Å². The average molecular weight is 325 g/mol. The summed E-state index contributed by atoms with van der Waals surface area (Å²) in [5.74, 6) is 1.52. The quantitative estimate of drug-likeness (QED) is 0.805. The molecule has 1 saturated carbocycles.